The number of Topliss-reactive ketones (excluding diaryl/α,β-unsaturated/α-hetero) is 1. The summed E-state index contributed by atoms with van der Waals surface area (Å²) in [5.41, 5.74) is -3.05. The van der Waals surface area contributed by atoms with E-state index in [4.69, 9.17) is 4.74 Å². The lowest BCUT2D eigenvalue weighted by molar-refractivity contribution is -0.244. The zero-order valence-electron chi connectivity index (χ0n) is 25.6. The molecule has 3 aliphatic rings. The fourth-order valence-electron chi connectivity index (χ4n) is 6.51. The van der Waals surface area contributed by atoms with Crippen LogP contribution in [0.25, 0.3) is 0 Å². The monoisotopic (exact) mass is 614 g/mol. The summed E-state index contributed by atoms with van der Waals surface area (Å²) in [6.45, 7) is 11.0. The first-order chi connectivity index (χ1) is 20.0. The molecule has 10 nitrogen and oxygen atoms in total. The maximum atomic E-state index is 14.1. The molecule has 13 heteroatoms. The normalized spacial score (nSPS) is 24.7. The molecule has 1 aliphatic heterocycles. The van der Waals surface area contributed by atoms with E-state index >= 15 is 0 Å². The highest BCUT2D eigenvalue weighted by Gasteiger charge is 2.69. The highest BCUT2D eigenvalue weighted by Crippen LogP contribution is 2.65. The SMILES string of the molecule is C=CCNC(=O)C(=O)C(CCC)NC(=O)[C@@H]1[C@@H]2[C@H](CN1C(=O)C(NC(=O)OC(C)(C)C(F)(F)F)C1CCCCC1)C2(C)C. The average Bonchev–Trinajstić information content (AvgIpc) is 3.25. The third-order valence-corrected chi connectivity index (χ3v) is 9.29. The van der Waals surface area contributed by atoms with Gasteiger partial charge in [0.15, 0.2) is 0 Å². The highest BCUT2D eigenvalue weighted by atomic mass is 19.4. The first kappa shape index (κ1) is 34.4. The van der Waals surface area contributed by atoms with Crippen molar-refractivity contribution >= 4 is 29.6 Å². The van der Waals surface area contributed by atoms with E-state index in [-0.39, 0.29) is 42.7 Å². The van der Waals surface area contributed by atoms with Crippen LogP contribution in [-0.2, 0) is 23.9 Å². The molecule has 0 bridgehead atoms. The number of carbonyl (C=O) groups is 5. The number of alkyl carbamates (subject to hydrolysis) is 1. The van der Waals surface area contributed by atoms with Gasteiger partial charge in [-0.05, 0) is 56.3 Å². The Morgan fingerprint density at radius 1 is 1.07 bits per heavy atom. The van der Waals surface area contributed by atoms with E-state index in [1.54, 1.807) is 6.92 Å². The minimum absolute atomic E-state index is 0.0217. The summed E-state index contributed by atoms with van der Waals surface area (Å²) in [7, 11) is 0. The second-order valence-electron chi connectivity index (χ2n) is 13.0. The number of ether oxygens (including phenoxy) is 1. The predicted octanol–water partition coefficient (Wildman–Crippen LogP) is 3.64. The van der Waals surface area contributed by atoms with Crippen molar-refractivity contribution in [2.24, 2.45) is 23.2 Å². The Labute approximate surface area is 250 Å². The minimum atomic E-state index is -4.82. The van der Waals surface area contributed by atoms with Crippen LogP contribution >= 0.6 is 0 Å². The summed E-state index contributed by atoms with van der Waals surface area (Å²) in [6, 6.07) is -3.27. The third kappa shape index (κ3) is 7.52. The van der Waals surface area contributed by atoms with Crippen LogP contribution in [0.3, 0.4) is 0 Å². The summed E-state index contributed by atoms with van der Waals surface area (Å²) in [5.74, 6) is -3.42. The van der Waals surface area contributed by atoms with Gasteiger partial charge in [-0.25, -0.2) is 4.79 Å². The summed E-state index contributed by atoms with van der Waals surface area (Å²) in [5, 5.41) is 7.53. The van der Waals surface area contributed by atoms with Crippen molar-refractivity contribution < 1.29 is 41.9 Å². The number of carbonyl (C=O) groups excluding carboxylic acids is 5. The van der Waals surface area contributed by atoms with E-state index in [0.29, 0.717) is 19.3 Å². The van der Waals surface area contributed by atoms with Crippen LogP contribution in [-0.4, -0.2) is 77.5 Å². The van der Waals surface area contributed by atoms with E-state index < -0.39 is 59.5 Å². The highest BCUT2D eigenvalue weighted by molar-refractivity contribution is 6.38. The average molecular weight is 615 g/mol. The number of nitrogens with zero attached hydrogens (tertiary/aromatic N) is 1. The number of fused-ring (bicyclic) bond motifs is 1. The Morgan fingerprint density at radius 2 is 1.70 bits per heavy atom. The second kappa shape index (κ2) is 13.3. The molecular formula is C30H45F3N4O6. The van der Waals surface area contributed by atoms with Crippen LogP contribution in [0.1, 0.15) is 79.6 Å². The lowest BCUT2D eigenvalue weighted by Gasteiger charge is -2.37. The molecule has 2 unspecified atom stereocenters. The lowest BCUT2D eigenvalue weighted by Crippen LogP contribution is -2.60. The number of nitrogens with one attached hydrogen (secondary N) is 3. The third-order valence-electron chi connectivity index (χ3n) is 9.29. The minimum Gasteiger partial charge on any atom is -0.434 e. The predicted molar refractivity (Wildman–Crippen MR) is 151 cm³/mol. The molecule has 242 valence electrons. The van der Waals surface area contributed by atoms with Gasteiger partial charge < -0.3 is 25.6 Å². The quantitative estimate of drug-likeness (QED) is 0.227. The van der Waals surface area contributed by atoms with Crippen LogP contribution in [0.5, 0.6) is 0 Å². The Kier molecular flexibility index (Phi) is 10.6. The van der Waals surface area contributed by atoms with E-state index in [0.717, 1.165) is 33.1 Å². The standard InChI is InChI=1S/C30H45F3N4O6/c1-7-12-19(23(38)25(40)34-15-8-2)35-24(39)22-20-18(28(20,3)4)16-37(22)26(41)21(17-13-10-9-11-14-17)36-27(42)43-29(5,6)30(31,32)33/h8,17-22H,2,7,9-16H2,1,3-6H3,(H,34,40)(H,35,39)(H,36,42)/t18-,19?,20-,21?,22-/m0/s1. The molecule has 3 N–H and O–H groups in total. The van der Waals surface area contributed by atoms with Gasteiger partial charge in [0.25, 0.3) is 5.91 Å². The first-order valence-corrected chi connectivity index (χ1v) is 15.1. The van der Waals surface area contributed by atoms with Gasteiger partial charge in [0.1, 0.15) is 12.1 Å². The molecule has 2 saturated carbocycles. The van der Waals surface area contributed by atoms with Gasteiger partial charge in [-0.15, -0.1) is 6.58 Å². The molecule has 2 aliphatic carbocycles. The van der Waals surface area contributed by atoms with Crippen LogP contribution < -0.4 is 16.0 Å². The number of likely N-dealkylation sites (tertiary alicyclic amines) is 1. The molecule has 1 saturated heterocycles. The van der Waals surface area contributed by atoms with Gasteiger partial charge in [0.2, 0.25) is 23.2 Å². The number of piperidine rings is 1. The molecule has 0 aromatic heterocycles. The number of halogens is 3. The molecule has 1 heterocycles. The summed E-state index contributed by atoms with van der Waals surface area (Å²) in [4.78, 5) is 67.2. The number of rotatable bonds is 12. The van der Waals surface area contributed by atoms with Crippen LogP contribution in [0, 0.1) is 23.2 Å². The fourth-order valence-corrected chi connectivity index (χ4v) is 6.51. The molecule has 0 aromatic carbocycles. The molecule has 5 atom stereocenters. The zero-order chi connectivity index (χ0) is 32.3. The topological polar surface area (TPSA) is 134 Å². The number of hydrogen-bond acceptors (Lipinski definition) is 6. The van der Waals surface area contributed by atoms with E-state index in [1.165, 1.54) is 11.0 Å². The van der Waals surface area contributed by atoms with Gasteiger partial charge in [-0.3, -0.25) is 19.2 Å². The van der Waals surface area contributed by atoms with E-state index in [2.05, 4.69) is 22.5 Å². The molecule has 3 rings (SSSR count). The Balaban J connectivity index is 1.85. The number of amides is 4. The maximum absolute atomic E-state index is 14.1. The van der Waals surface area contributed by atoms with Crippen molar-refractivity contribution in [3.05, 3.63) is 12.7 Å². The number of hydrogen-bond donors (Lipinski definition) is 3. The smallest absolute Gasteiger partial charge is 0.427 e. The van der Waals surface area contributed by atoms with Gasteiger partial charge in [-0.2, -0.15) is 13.2 Å². The Bertz CT molecular complexity index is 1100. The summed E-state index contributed by atoms with van der Waals surface area (Å²) >= 11 is 0. The second-order valence-corrected chi connectivity index (χ2v) is 13.0. The fraction of sp³-hybridized carbons (Fsp3) is 0.767. The van der Waals surface area contributed by atoms with Crippen molar-refractivity contribution in [3.8, 4) is 0 Å². The first-order valence-electron chi connectivity index (χ1n) is 15.1. The van der Waals surface area contributed by atoms with Gasteiger partial charge in [0, 0.05) is 13.1 Å². The van der Waals surface area contributed by atoms with Gasteiger partial charge >= 0.3 is 12.3 Å². The van der Waals surface area contributed by atoms with Crippen LogP contribution in [0.4, 0.5) is 18.0 Å². The van der Waals surface area contributed by atoms with Crippen molar-refractivity contribution in [2.45, 2.75) is 109 Å². The van der Waals surface area contributed by atoms with E-state index in [1.807, 2.05) is 13.8 Å². The summed E-state index contributed by atoms with van der Waals surface area (Å²) in [6.07, 6.45) is -0.393. The van der Waals surface area contributed by atoms with E-state index in [9.17, 15) is 37.1 Å². The molecule has 0 radical (unpaired) electrons. The molecule has 3 fully saturated rings. The van der Waals surface area contributed by atoms with Crippen LogP contribution in [0.2, 0.25) is 0 Å². The molecule has 43 heavy (non-hydrogen) atoms. The van der Waals surface area contributed by atoms with Crippen LogP contribution in [0.15, 0.2) is 12.7 Å². The largest absolute Gasteiger partial charge is 0.434 e. The Hall–Kier alpha value is -3.12. The molecule has 4 amide bonds. The number of alkyl halides is 3. The van der Waals surface area contributed by atoms with Crippen molar-refractivity contribution in [3.63, 3.8) is 0 Å². The van der Waals surface area contributed by atoms with Gasteiger partial charge in [-0.1, -0.05) is 52.5 Å². The maximum Gasteiger partial charge on any atom is 0.427 e. The summed E-state index contributed by atoms with van der Waals surface area (Å²) < 4.78 is 44.9. The number of ketones is 1. The molecular weight excluding hydrogens is 569 g/mol. The zero-order valence-corrected chi connectivity index (χ0v) is 25.6. The van der Waals surface area contributed by atoms with Crippen molar-refractivity contribution in [1.82, 2.24) is 20.9 Å². The molecule has 0 aromatic rings. The van der Waals surface area contributed by atoms with Crippen molar-refractivity contribution in [2.75, 3.05) is 13.1 Å². The van der Waals surface area contributed by atoms with Gasteiger partial charge in [0.05, 0.1) is 6.04 Å². The molecule has 0 spiro atoms. The van der Waals surface area contributed by atoms with Crippen molar-refractivity contribution in [1.29, 1.82) is 0 Å². The lowest BCUT2D eigenvalue weighted by atomic mass is 9.83. The Morgan fingerprint density at radius 3 is 2.26 bits per heavy atom.